The molecule has 128 valence electrons. The monoisotopic (exact) mass is 347 g/mol. The van der Waals surface area contributed by atoms with E-state index in [-0.39, 0.29) is 0 Å². The van der Waals surface area contributed by atoms with E-state index < -0.39 is 6.09 Å². The minimum atomic E-state index is -0.939. The van der Waals surface area contributed by atoms with E-state index in [1.54, 1.807) is 0 Å². The maximum Gasteiger partial charge on any atom is 0.404 e. The summed E-state index contributed by atoms with van der Waals surface area (Å²) < 4.78 is 0. The molecule has 3 N–H and O–H groups in total. The van der Waals surface area contributed by atoms with Crippen molar-refractivity contribution in [1.82, 2.24) is 15.2 Å². The van der Waals surface area contributed by atoms with E-state index in [0.717, 1.165) is 36.6 Å². The molecule has 2 aromatic rings. The van der Waals surface area contributed by atoms with Crippen molar-refractivity contribution in [2.45, 2.75) is 31.7 Å². The predicted octanol–water partition coefficient (Wildman–Crippen LogP) is 3.44. The van der Waals surface area contributed by atoms with Crippen LogP contribution in [0.5, 0.6) is 0 Å². The van der Waals surface area contributed by atoms with Gasteiger partial charge in [0.1, 0.15) is 5.15 Å². The molecule has 1 amide bonds. The third kappa shape index (κ3) is 2.47. The van der Waals surface area contributed by atoms with E-state index in [1.807, 2.05) is 0 Å². The van der Waals surface area contributed by atoms with Gasteiger partial charge in [0.05, 0.1) is 0 Å². The number of carbonyl (C=O) groups is 1. The Bertz CT molecular complexity index is 788. The lowest BCUT2D eigenvalue weighted by molar-refractivity contribution is 0.0891. The first-order chi connectivity index (χ1) is 11.6. The van der Waals surface area contributed by atoms with Gasteiger partial charge in [0.15, 0.2) is 0 Å². The van der Waals surface area contributed by atoms with Crippen LogP contribution in [0.2, 0.25) is 5.15 Å². The molecule has 1 aliphatic carbocycles. The molecule has 1 aromatic heterocycles. The van der Waals surface area contributed by atoms with Gasteiger partial charge in [-0.25, -0.2) is 4.79 Å². The minimum absolute atomic E-state index is 0.341. The Morgan fingerprint density at radius 3 is 3.08 bits per heavy atom. The van der Waals surface area contributed by atoms with Crippen molar-refractivity contribution in [2.24, 2.45) is 5.92 Å². The molecule has 4 rings (SSSR count). The lowest BCUT2D eigenvalue weighted by Crippen LogP contribution is -2.51. The number of aromatic nitrogens is 1. The van der Waals surface area contributed by atoms with Gasteiger partial charge in [-0.15, -0.1) is 0 Å². The van der Waals surface area contributed by atoms with Crippen molar-refractivity contribution in [3.8, 4) is 0 Å². The van der Waals surface area contributed by atoms with Gasteiger partial charge in [-0.1, -0.05) is 30.7 Å². The molecule has 0 radical (unpaired) electrons. The van der Waals surface area contributed by atoms with Crippen LogP contribution < -0.4 is 5.32 Å². The number of H-pyrrole nitrogens is 1. The van der Waals surface area contributed by atoms with Crippen LogP contribution in [-0.2, 0) is 6.42 Å². The second kappa shape index (κ2) is 5.97. The normalized spacial score (nSPS) is 26.3. The van der Waals surface area contributed by atoms with Gasteiger partial charge in [-0.05, 0) is 42.5 Å². The Morgan fingerprint density at radius 1 is 1.50 bits per heavy atom. The van der Waals surface area contributed by atoms with Crippen LogP contribution in [0.1, 0.15) is 30.4 Å². The Morgan fingerprint density at radius 2 is 2.33 bits per heavy atom. The molecule has 0 bridgehead atoms. The number of likely N-dealkylation sites (tertiary alicyclic amines) is 1. The molecular formula is C18H22ClN3O2. The highest BCUT2D eigenvalue weighted by atomic mass is 35.5. The number of aromatic amines is 1. The van der Waals surface area contributed by atoms with Crippen LogP contribution in [0.3, 0.4) is 0 Å². The number of hydrogen-bond donors (Lipinski definition) is 3. The fraction of sp³-hybridized carbons (Fsp3) is 0.500. The highest BCUT2D eigenvalue weighted by molar-refractivity contribution is 6.32. The number of halogens is 1. The first kappa shape index (κ1) is 15.8. The van der Waals surface area contributed by atoms with E-state index in [9.17, 15) is 4.79 Å². The van der Waals surface area contributed by atoms with Gasteiger partial charge in [0.2, 0.25) is 0 Å². The largest absolute Gasteiger partial charge is 0.465 e. The lowest BCUT2D eigenvalue weighted by atomic mass is 9.72. The smallest absolute Gasteiger partial charge is 0.404 e. The summed E-state index contributed by atoms with van der Waals surface area (Å²) in [5, 5.41) is 13.5. The van der Waals surface area contributed by atoms with Crippen LogP contribution in [0, 0.1) is 5.92 Å². The Balaban J connectivity index is 1.72. The molecule has 0 spiro atoms. The van der Waals surface area contributed by atoms with E-state index in [4.69, 9.17) is 16.7 Å². The van der Waals surface area contributed by atoms with Crippen molar-refractivity contribution in [3.63, 3.8) is 0 Å². The zero-order chi connectivity index (χ0) is 16.8. The Labute approximate surface area is 146 Å². The maximum atomic E-state index is 10.9. The molecule has 24 heavy (non-hydrogen) atoms. The summed E-state index contributed by atoms with van der Waals surface area (Å²) in [6, 6.07) is 6.83. The second-order valence-corrected chi connectivity index (χ2v) is 7.32. The summed E-state index contributed by atoms with van der Waals surface area (Å²) in [5.41, 5.74) is 3.71. The number of likely N-dealkylation sites (N-methyl/N-ethyl adjacent to an activating group) is 1. The van der Waals surface area contributed by atoms with E-state index in [2.05, 4.69) is 40.3 Å². The number of amides is 1. The summed E-state index contributed by atoms with van der Waals surface area (Å²) in [4.78, 5) is 16.7. The number of benzene rings is 1. The molecule has 1 saturated heterocycles. The van der Waals surface area contributed by atoms with Crippen molar-refractivity contribution in [3.05, 3.63) is 34.5 Å². The molecule has 1 aromatic carbocycles. The predicted molar refractivity (Wildman–Crippen MR) is 94.9 cm³/mol. The average molecular weight is 348 g/mol. The first-order valence-corrected chi connectivity index (χ1v) is 8.96. The lowest BCUT2D eigenvalue weighted by Gasteiger charge is -2.47. The molecule has 2 heterocycles. The van der Waals surface area contributed by atoms with Crippen molar-refractivity contribution >= 4 is 28.6 Å². The molecule has 5 nitrogen and oxygen atoms in total. The minimum Gasteiger partial charge on any atom is -0.465 e. The molecule has 1 fully saturated rings. The van der Waals surface area contributed by atoms with Gasteiger partial charge in [0, 0.05) is 36.0 Å². The number of piperidine rings is 1. The van der Waals surface area contributed by atoms with Gasteiger partial charge < -0.3 is 15.4 Å². The SMILES string of the molecule is CCN1CC(CNC(=O)O)C[C@H]2c3cccc4[nH]c(Cl)c(c34)C[C@@H]21. The summed E-state index contributed by atoms with van der Waals surface area (Å²) in [6.45, 7) is 4.61. The summed E-state index contributed by atoms with van der Waals surface area (Å²) in [7, 11) is 0. The topological polar surface area (TPSA) is 68.4 Å². The average Bonchev–Trinajstić information content (AvgIpc) is 2.90. The highest BCUT2D eigenvalue weighted by Gasteiger charge is 2.40. The molecule has 6 heteroatoms. The number of rotatable bonds is 3. The zero-order valence-electron chi connectivity index (χ0n) is 13.7. The zero-order valence-corrected chi connectivity index (χ0v) is 14.4. The quantitative estimate of drug-likeness (QED) is 0.796. The third-order valence-electron chi connectivity index (χ3n) is 5.68. The fourth-order valence-corrected chi connectivity index (χ4v) is 4.96. The van der Waals surface area contributed by atoms with Crippen LogP contribution in [-0.4, -0.2) is 46.8 Å². The maximum absolute atomic E-state index is 10.9. The standard InChI is InChI=1S/C18H22ClN3O2/c1-2-22-9-10(8-20-18(23)24)6-12-11-4-3-5-14-16(11)13(7-15(12)22)17(19)21-14/h3-5,10,12,15,20-21H,2,6-9H2,1H3,(H,23,24)/t10?,12-,15-/m0/s1. The van der Waals surface area contributed by atoms with Crippen LogP contribution in [0.25, 0.3) is 10.9 Å². The fourth-order valence-electron chi connectivity index (χ4n) is 4.69. The second-order valence-electron chi connectivity index (χ2n) is 6.94. The third-order valence-corrected chi connectivity index (χ3v) is 6.00. The van der Waals surface area contributed by atoms with Crippen LogP contribution in [0.15, 0.2) is 18.2 Å². The Hall–Kier alpha value is -1.72. The van der Waals surface area contributed by atoms with E-state index in [1.165, 1.54) is 16.5 Å². The molecular weight excluding hydrogens is 326 g/mol. The van der Waals surface area contributed by atoms with Crippen molar-refractivity contribution in [1.29, 1.82) is 0 Å². The van der Waals surface area contributed by atoms with Gasteiger partial charge in [0.25, 0.3) is 0 Å². The molecule has 3 atom stereocenters. The molecule has 1 unspecified atom stereocenters. The molecule has 0 saturated carbocycles. The summed E-state index contributed by atoms with van der Waals surface area (Å²) >= 11 is 6.46. The van der Waals surface area contributed by atoms with Crippen molar-refractivity contribution in [2.75, 3.05) is 19.6 Å². The van der Waals surface area contributed by atoms with Gasteiger partial charge in [-0.2, -0.15) is 0 Å². The van der Waals surface area contributed by atoms with Crippen molar-refractivity contribution < 1.29 is 9.90 Å². The van der Waals surface area contributed by atoms with Gasteiger partial charge in [-0.3, -0.25) is 4.90 Å². The number of fused-ring (bicyclic) bond motifs is 2. The van der Waals surface area contributed by atoms with E-state index >= 15 is 0 Å². The van der Waals surface area contributed by atoms with Gasteiger partial charge >= 0.3 is 6.09 Å². The first-order valence-electron chi connectivity index (χ1n) is 8.58. The molecule has 1 aliphatic heterocycles. The highest BCUT2D eigenvalue weighted by Crippen LogP contribution is 2.46. The van der Waals surface area contributed by atoms with Crippen LogP contribution in [0.4, 0.5) is 4.79 Å². The number of nitrogens with one attached hydrogen (secondary N) is 2. The summed E-state index contributed by atoms with van der Waals surface area (Å²) in [6.07, 6.45) is 1.04. The number of nitrogens with zero attached hydrogens (tertiary/aromatic N) is 1. The Kier molecular flexibility index (Phi) is 3.93. The number of hydrogen-bond acceptors (Lipinski definition) is 2. The van der Waals surface area contributed by atoms with Crippen LogP contribution >= 0.6 is 11.6 Å². The number of carboxylic acid groups (broad SMARTS) is 1. The van der Waals surface area contributed by atoms with E-state index in [0.29, 0.717) is 24.4 Å². The molecule has 2 aliphatic rings. The summed E-state index contributed by atoms with van der Waals surface area (Å²) in [5.74, 6) is 0.774.